The lowest BCUT2D eigenvalue weighted by Gasteiger charge is -2.24. The average molecular weight is 235 g/mol. The van der Waals surface area contributed by atoms with Crippen molar-refractivity contribution in [2.45, 2.75) is 39.3 Å². The molecule has 3 heterocycles. The van der Waals surface area contributed by atoms with Crippen LogP contribution in [0, 0.1) is 19.8 Å². The minimum Gasteiger partial charge on any atom is -0.361 e. The molecule has 2 atom stereocenters. The second-order valence-electron chi connectivity index (χ2n) is 5.46. The van der Waals surface area contributed by atoms with Crippen LogP contribution in [0.3, 0.4) is 0 Å². The first-order chi connectivity index (χ1) is 8.24. The van der Waals surface area contributed by atoms with E-state index in [4.69, 9.17) is 4.52 Å². The van der Waals surface area contributed by atoms with Gasteiger partial charge in [-0.3, -0.25) is 4.90 Å². The molecule has 0 radical (unpaired) electrons. The maximum atomic E-state index is 5.23. The summed E-state index contributed by atoms with van der Waals surface area (Å²) in [5.41, 5.74) is 2.33. The molecule has 1 N–H and O–H groups in total. The zero-order valence-corrected chi connectivity index (χ0v) is 10.7. The van der Waals surface area contributed by atoms with Gasteiger partial charge >= 0.3 is 0 Å². The van der Waals surface area contributed by atoms with Crippen LogP contribution in [-0.2, 0) is 6.54 Å². The highest BCUT2D eigenvalue weighted by Gasteiger charge is 2.34. The Bertz CT molecular complexity index is 368. The first-order valence-corrected chi connectivity index (χ1v) is 6.61. The number of aryl methyl sites for hydroxylation is 2. The molecule has 1 aromatic heterocycles. The lowest BCUT2D eigenvalue weighted by Crippen LogP contribution is -2.40. The van der Waals surface area contributed by atoms with Gasteiger partial charge in [0.05, 0.1) is 5.69 Å². The van der Waals surface area contributed by atoms with Crippen molar-refractivity contribution in [3.8, 4) is 0 Å². The van der Waals surface area contributed by atoms with Crippen LogP contribution in [0.25, 0.3) is 0 Å². The number of aromatic nitrogens is 1. The van der Waals surface area contributed by atoms with Crippen molar-refractivity contribution in [2.24, 2.45) is 5.92 Å². The van der Waals surface area contributed by atoms with Gasteiger partial charge in [-0.1, -0.05) is 5.16 Å². The zero-order valence-electron chi connectivity index (χ0n) is 10.7. The summed E-state index contributed by atoms with van der Waals surface area (Å²) < 4.78 is 5.23. The molecule has 2 aliphatic heterocycles. The summed E-state index contributed by atoms with van der Waals surface area (Å²) in [5, 5.41) is 7.67. The van der Waals surface area contributed by atoms with Crippen LogP contribution in [0.4, 0.5) is 0 Å². The van der Waals surface area contributed by atoms with Crippen LogP contribution in [0.1, 0.15) is 29.9 Å². The van der Waals surface area contributed by atoms with E-state index in [1.54, 1.807) is 0 Å². The van der Waals surface area contributed by atoms with Crippen molar-refractivity contribution in [3.63, 3.8) is 0 Å². The monoisotopic (exact) mass is 235 g/mol. The maximum Gasteiger partial charge on any atom is 0.138 e. The molecular weight excluding hydrogens is 214 g/mol. The minimum atomic E-state index is 0.712. The fourth-order valence-corrected chi connectivity index (χ4v) is 3.22. The smallest absolute Gasteiger partial charge is 0.138 e. The quantitative estimate of drug-likeness (QED) is 0.843. The molecule has 3 rings (SSSR count). The average Bonchev–Trinajstić information content (AvgIpc) is 2.87. The molecule has 0 saturated carbocycles. The third kappa shape index (κ3) is 2.11. The molecule has 0 aliphatic carbocycles. The van der Waals surface area contributed by atoms with Crippen LogP contribution in [0.15, 0.2) is 4.52 Å². The Kier molecular flexibility index (Phi) is 2.92. The first-order valence-electron chi connectivity index (χ1n) is 6.61. The van der Waals surface area contributed by atoms with Crippen molar-refractivity contribution < 1.29 is 4.52 Å². The van der Waals surface area contributed by atoms with Gasteiger partial charge in [-0.15, -0.1) is 0 Å². The van der Waals surface area contributed by atoms with Crippen LogP contribution in [-0.4, -0.2) is 35.7 Å². The van der Waals surface area contributed by atoms with Gasteiger partial charge in [0.2, 0.25) is 0 Å². The van der Waals surface area contributed by atoms with Gasteiger partial charge < -0.3 is 9.84 Å². The summed E-state index contributed by atoms with van der Waals surface area (Å²) in [6.45, 7) is 8.64. The van der Waals surface area contributed by atoms with Crippen molar-refractivity contribution in [2.75, 3.05) is 19.6 Å². The molecule has 2 unspecified atom stereocenters. The number of piperidine rings is 1. The molecule has 17 heavy (non-hydrogen) atoms. The van der Waals surface area contributed by atoms with E-state index in [1.165, 1.54) is 38.0 Å². The number of hydrogen-bond acceptors (Lipinski definition) is 4. The molecule has 2 aliphatic rings. The SMILES string of the molecule is Cc1noc(C)c1CN1CC2CCCNC2C1. The molecular formula is C13H21N3O. The van der Waals surface area contributed by atoms with Crippen LogP contribution in [0.2, 0.25) is 0 Å². The van der Waals surface area contributed by atoms with E-state index in [0.717, 1.165) is 23.9 Å². The van der Waals surface area contributed by atoms with Gasteiger partial charge in [0.1, 0.15) is 5.76 Å². The van der Waals surface area contributed by atoms with E-state index >= 15 is 0 Å². The summed E-state index contributed by atoms with van der Waals surface area (Å²) in [6.07, 6.45) is 2.72. The molecule has 0 amide bonds. The highest BCUT2D eigenvalue weighted by Crippen LogP contribution is 2.27. The second-order valence-corrected chi connectivity index (χ2v) is 5.46. The number of fused-ring (bicyclic) bond motifs is 1. The lowest BCUT2D eigenvalue weighted by molar-refractivity contribution is 0.309. The standard InChI is InChI=1S/C13H21N3O/c1-9-12(10(2)17-15-9)7-16-6-11-4-3-5-14-13(11)8-16/h11,13-14H,3-8H2,1-2H3. The van der Waals surface area contributed by atoms with E-state index in [1.807, 2.05) is 13.8 Å². The number of likely N-dealkylation sites (tertiary alicyclic amines) is 1. The van der Waals surface area contributed by atoms with Gasteiger partial charge in [-0.05, 0) is 39.2 Å². The topological polar surface area (TPSA) is 41.3 Å². The summed E-state index contributed by atoms with van der Waals surface area (Å²) in [6, 6.07) is 0.712. The van der Waals surface area contributed by atoms with Crippen molar-refractivity contribution >= 4 is 0 Å². The van der Waals surface area contributed by atoms with Crippen molar-refractivity contribution in [1.82, 2.24) is 15.4 Å². The number of nitrogens with zero attached hydrogens (tertiary/aromatic N) is 2. The second kappa shape index (κ2) is 4.42. The molecule has 94 valence electrons. The van der Waals surface area contributed by atoms with E-state index < -0.39 is 0 Å². The largest absolute Gasteiger partial charge is 0.361 e. The highest BCUT2D eigenvalue weighted by atomic mass is 16.5. The van der Waals surface area contributed by atoms with Gasteiger partial charge in [-0.2, -0.15) is 0 Å². The van der Waals surface area contributed by atoms with Gasteiger partial charge in [0, 0.05) is 31.2 Å². The Morgan fingerprint density at radius 1 is 1.41 bits per heavy atom. The van der Waals surface area contributed by atoms with E-state index in [2.05, 4.69) is 15.4 Å². The third-order valence-electron chi connectivity index (χ3n) is 4.24. The predicted octanol–water partition coefficient (Wildman–Crippen LogP) is 1.48. The van der Waals surface area contributed by atoms with E-state index in [-0.39, 0.29) is 0 Å². The number of rotatable bonds is 2. The van der Waals surface area contributed by atoms with E-state index in [9.17, 15) is 0 Å². The van der Waals surface area contributed by atoms with Gasteiger partial charge in [0.15, 0.2) is 0 Å². The lowest BCUT2D eigenvalue weighted by atomic mass is 9.94. The molecule has 0 spiro atoms. The van der Waals surface area contributed by atoms with Crippen LogP contribution >= 0.6 is 0 Å². The van der Waals surface area contributed by atoms with Crippen LogP contribution < -0.4 is 5.32 Å². The Morgan fingerprint density at radius 3 is 3.00 bits per heavy atom. The molecule has 2 saturated heterocycles. The third-order valence-corrected chi connectivity index (χ3v) is 4.24. The van der Waals surface area contributed by atoms with Crippen molar-refractivity contribution in [1.29, 1.82) is 0 Å². The Morgan fingerprint density at radius 2 is 2.29 bits per heavy atom. The highest BCUT2D eigenvalue weighted by molar-refractivity contribution is 5.20. The zero-order chi connectivity index (χ0) is 11.8. The van der Waals surface area contributed by atoms with Gasteiger partial charge in [-0.25, -0.2) is 0 Å². The van der Waals surface area contributed by atoms with Crippen molar-refractivity contribution in [3.05, 3.63) is 17.0 Å². The summed E-state index contributed by atoms with van der Waals surface area (Å²) >= 11 is 0. The summed E-state index contributed by atoms with van der Waals surface area (Å²) in [4.78, 5) is 2.54. The fraction of sp³-hybridized carbons (Fsp3) is 0.769. The maximum absolute atomic E-state index is 5.23. The molecule has 1 aromatic rings. The molecule has 0 bridgehead atoms. The predicted molar refractivity (Wildman–Crippen MR) is 65.8 cm³/mol. The van der Waals surface area contributed by atoms with Crippen LogP contribution in [0.5, 0.6) is 0 Å². The first kappa shape index (κ1) is 11.2. The Labute approximate surface area is 102 Å². The van der Waals surface area contributed by atoms with E-state index in [0.29, 0.717) is 6.04 Å². The fourth-order valence-electron chi connectivity index (χ4n) is 3.22. The summed E-state index contributed by atoms with van der Waals surface area (Å²) in [5.74, 6) is 1.83. The molecule has 2 fully saturated rings. The Balaban J connectivity index is 1.67. The van der Waals surface area contributed by atoms with Gasteiger partial charge in [0.25, 0.3) is 0 Å². The molecule has 4 heteroatoms. The molecule has 0 aromatic carbocycles. The Hall–Kier alpha value is -0.870. The normalized spacial score (nSPS) is 29.5. The minimum absolute atomic E-state index is 0.712. The number of hydrogen-bond donors (Lipinski definition) is 1. The summed E-state index contributed by atoms with van der Waals surface area (Å²) in [7, 11) is 0. The number of nitrogens with one attached hydrogen (secondary N) is 1. The molecule has 4 nitrogen and oxygen atoms in total.